The molecule has 0 aromatic heterocycles. The van der Waals surface area contributed by atoms with Crippen molar-refractivity contribution in [1.29, 1.82) is 5.26 Å². The summed E-state index contributed by atoms with van der Waals surface area (Å²) in [6.07, 6.45) is 0. The van der Waals surface area contributed by atoms with Gasteiger partial charge in [0.25, 0.3) is 0 Å². The molecule has 1 amide bonds. The van der Waals surface area contributed by atoms with Gasteiger partial charge in [-0.25, -0.2) is 4.79 Å². The van der Waals surface area contributed by atoms with Gasteiger partial charge in [-0.1, -0.05) is 18.2 Å². The van der Waals surface area contributed by atoms with Crippen LogP contribution in [-0.2, 0) is 34.0 Å². The number of esters is 2. The average Bonchev–Trinajstić information content (AvgIpc) is 2.92. The van der Waals surface area contributed by atoms with E-state index in [1.165, 1.54) is 18.9 Å². The molecule has 2 aliphatic heterocycles. The van der Waals surface area contributed by atoms with Crippen LogP contribution in [0.15, 0.2) is 47.1 Å². The fourth-order valence-electron chi connectivity index (χ4n) is 3.77. The second-order valence-corrected chi connectivity index (χ2v) is 6.34. The molecule has 0 saturated heterocycles. The standard InChI is InChI=1S/C20H19N3O6/c1-4-28-18(25)16-11(2)29-17(22)13(9-21)20(16)12-7-5-6-8-14(12)23(19(20)26)10-15(24)27-3/h5-8H,4,10,22H2,1-3H3/t20-/m1/s1. The first-order valence-electron chi connectivity index (χ1n) is 8.79. The summed E-state index contributed by atoms with van der Waals surface area (Å²) in [7, 11) is 1.20. The quantitative estimate of drug-likeness (QED) is 0.745. The molecule has 0 saturated carbocycles. The minimum absolute atomic E-state index is 0.0445. The number of carbonyl (C=O) groups is 3. The lowest BCUT2D eigenvalue weighted by molar-refractivity contribution is -0.141. The number of anilines is 1. The van der Waals surface area contributed by atoms with Gasteiger partial charge in [-0.05, 0) is 19.9 Å². The number of allylic oxidation sites excluding steroid dienone is 1. The summed E-state index contributed by atoms with van der Waals surface area (Å²) >= 11 is 0. The number of hydrogen-bond acceptors (Lipinski definition) is 8. The number of ether oxygens (including phenoxy) is 3. The fourth-order valence-corrected chi connectivity index (χ4v) is 3.77. The molecule has 150 valence electrons. The Morgan fingerprint density at radius 2 is 2.03 bits per heavy atom. The minimum atomic E-state index is -1.88. The van der Waals surface area contributed by atoms with Gasteiger partial charge in [-0.3, -0.25) is 14.5 Å². The molecule has 0 bridgehead atoms. The number of methoxy groups -OCH3 is 1. The maximum Gasteiger partial charge on any atom is 0.339 e. The normalized spacial score (nSPS) is 20.3. The van der Waals surface area contributed by atoms with E-state index in [-0.39, 0.29) is 29.4 Å². The van der Waals surface area contributed by atoms with Gasteiger partial charge in [0.1, 0.15) is 29.5 Å². The number of hydrogen-bond donors (Lipinski definition) is 1. The highest BCUT2D eigenvalue weighted by Gasteiger charge is 2.62. The summed E-state index contributed by atoms with van der Waals surface area (Å²) in [5.74, 6) is -2.40. The van der Waals surface area contributed by atoms with Crippen molar-refractivity contribution in [3.05, 3.63) is 52.6 Å². The lowest BCUT2D eigenvalue weighted by Crippen LogP contribution is -2.49. The molecule has 0 unspecified atom stereocenters. The Balaban J connectivity index is 2.37. The van der Waals surface area contributed by atoms with Crippen molar-refractivity contribution in [3.8, 4) is 6.07 Å². The van der Waals surface area contributed by atoms with Gasteiger partial charge in [-0.2, -0.15) is 5.26 Å². The van der Waals surface area contributed by atoms with E-state index in [0.717, 1.165) is 0 Å². The van der Waals surface area contributed by atoms with E-state index in [1.54, 1.807) is 31.2 Å². The molecule has 2 aliphatic rings. The molecular weight excluding hydrogens is 378 g/mol. The van der Waals surface area contributed by atoms with Crippen LogP contribution in [0.5, 0.6) is 0 Å². The molecule has 0 aliphatic carbocycles. The van der Waals surface area contributed by atoms with E-state index in [0.29, 0.717) is 11.3 Å². The molecule has 1 aromatic carbocycles. The fraction of sp³-hybridized carbons (Fsp3) is 0.300. The lowest BCUT2D eigenvalue weighted by atomic mass is 9.68. The predicted molar refractivity (Wildman–Crippen MR) is 99.7 cm³/mol. The van der Waals surface area contributed by atoms with Gasteiger partial charge < -0.3 is 19.9 Å². The highest BCUT2D eigenvalue weighted by Crippen LogP contribution is 2.54. The summed E-state index contributed by atoms with van der Waals surface area (Å²) in [5, 5.41) is 9.86. The number of rotatable bonds is 4. The molecule has 29 heavy (non-hydrogen) atoms. The molecule has 1 spiro atoms. The van der Waals surface area contributed by atoms with Crippen molar-refractivity contribution in [2.75, 3.05) is 25.2 Å². The minimum Gasteiger partial charge on any atom is -0.468 e. The molecule has 2 N–H and O–H groups in total. The lowest BCUT2D eigenvalue weighted by Gasteiger charge is -2.34. The number of nitrogens with two attached hydrogens (primary N) is 1. The van der Waals surface area contributed by atoms with Crippen molar-refractivity contribution in [1.82, 2.24) is 0 Å². The van der Waals surface area contributed by atoms with E-state index in [2.05, 4.69) is 0 Å². The van der Waals surface area contributed by atoms with Crippen LogP contribution in [0.2, 0.25) is 0 Å². The van der Waals surface area contributed by atoms with Crippen LogP contribution in [0.4, 0.5) is 5.69 Å². The molecule has 9 nitrogen and oxygen atoms in total. The van der Waals surface area contributed by atoms with Crippen LogP contribution in [0, 0.1) is 11.3 Å². The first-order valence-corrected chi connectivity index (χ1v) is 8.79. The van der Waals surface area contributed by atoms with Crippen molar-refractivity contribution in [2.24, 2.45) is 5.73 Å². The average molecular weight is 397 g/mol. The summed E-state index contributed by atoms with van der Waals surface area (Å²) < 4.78 is 15.3. The summed E-state index contributed by atoms with van der Waals surface area (Å²) in [6.45, 7) is 2.73. The Hall–Kier alpha value is -3.80. The largest absolute Gasteiger partial charge is 0.468 e. The number of para-hydroxylation sites is 1. The first kappa shape index (κ1) is 19.9. The Morgan fingerprint density at radius 1 is 1.34 bits per heavy atom. The Bertz CT molecular complexity index is 1020. The van der Waals surface area contributed by atoms with E-state index in [4.69, 9.17) is 19.9 Å². The van der Waals surface area contributed by atoms with Crippen molar-refractivity contribution < 1.29 is 28.6 Å². The third-order valence-electron chi connectivity index (χ3n) is 4.88. The highest BCUT2D eigenvalue weighted by atomic mass is 16.5. The molecule has 2 heterocycles. The van der Waals surface area contributed by atoms with E-state index >= 15 is 0 Å². The van der Waals surface area contributed by atoms with Crippen molar-refractivity contribution in [3.63, 3.8) is 0 Å². The Morgan fingerprint density at radius 3 is 2.66 bits per heavy atom. The number of benzene rings is 1. The van der Waals surface area contributed by atoms with Gasteiger partial charge in [0.2, 0.25) is 11.8 Å². The van der Waals surface area contributed by atoms with Gasteiger partial charge in [0.05, 0.1) is 13.7 Å². The number of amides is 1. The molecule has 9 heteroatoms. The molecule has 1 aromatic rings. The first-order chi connectivity index (χ1) is 13.8. The molecule has 0 fully saturated rings. The van der Waals surface area contributed by atoms with Gasteiger partial charge >= 0.3 is 11.9 Å². The zero-order valence-electron chi connectivity index (χ0n) is 16.1. The van der Waals surface area contributed by atoms with Gasteiger partial charge in [0, 0.05) is 11.3 Å². The molecule has 3 rings (SSSR count). The molecule has 1 atom stereocenters. The van der Waals surface area contributed by atoms with Gasteiger partial charge in [0.15, 0.2) is 5.41 Å². The van der Waals surface area contributed by atoms with Crippen molar-refractivity contribution in [2.45, 2.75) is 19.3 Å². The zero-order valence-corrected chi connectivity index (χ0v) is 16.1. The third kappa shape index (κ3) is 2.72. The van der Waals surface area contributed by atoms with E-state index in [9.17, 15) is 19.6 Å². The smallest absolute Gasteiger partial charge is 0.339 e. The number of nitrogens with zero attached hydrogens (tertiary/aromatic N) is 2. The molecule has 0 radical (unpaired) electrons. The Labute approximate surface area is 166 Å². The third-order valence-corrected chi connectivity index (χ3v) is 4.88. The van der Waals surface area contributed by atoms with Crippen molar-refractivity contribution >= 4 is 23.5 Å². The summed E-state index contributed by atoms with van der Waals surface area (Å²) in [5.41, 5.74) is 4.38. The van der Waals surface area contributed by atoms with Crippen LogP contribution in [-0.4, -0.2) is 38.1 Å². The number of carbonyl (C=O) groups excluding carboxylic acids is 3. The zero-order chi connectivity index (χ0) is 21.3. The summed E-state index contributed by atoms with van der Waals surface area (Å²) in [6, 6.07) is 8.47. The van der Waals surface area contributed by atoms with E-state index < -0.39 is 29.8 Å². The van der Waals surface area contributed by atoms with Gasteiger partial charge in [-0.15, -0.1) is 0 Å². The summed E-state index contributed by atoms with van der Waals surface area (Å²) in [4.78, 5) is 39.7. The van der Waals surface area contributed by atoms with Crippen LogP contribution < -0.4 is 10.6 Å². The maximum atomic E-state index is 13.8. The monoisotopic (exact) mass is 397 g/mol. The van der Waals surface area contributed by atoms with Crippen LogP contribution >= 0.6 is 0 Å². The molecular formula is C20H19N3O6. The highest BCUT2D eigenvalue weighted by molar-refractivity contribution is 6.19. The second kappa shape index (κ2) is 7.31. The topological polar surface area (TPSA) is 132 Å². The van der Waals surface area contributed by atoms with Crippen LogP contribution in [0.25, 0.3) is 0 Å². The predicted octanol–water partition coefficient (Wildman–Crippen LogP) is 1.01. The van der Waals surface area contributed by atoms with Crippen LogP contribution in [0.3, 0.4) is 0 Å². The van der Waals surface area contributed by atoms with Crippen LogP contribution in [0.1, 0.15) is 19.4 Å². The van der Waals surface area contributed by atoms with E-state index in [1.807, 2.05) is 6.07 Å². The maximum absolute atomic E-state index is 13.8. The SMILES string of the molecule is CCOC(=O)C1=C(C)OC(N)=C(C#N)[C@@]12C(=O)N(CC(=O)OC)c1ccccc12. The Kier molecular flexibility index (Phi) is 5.03. The second-order valence-electron chi connectivity index (χ2n) is 6.34. The number of nitriles is 1. The number of fused-ring (bicyclic) bond motifs is 2.